The highest BCUT2D eigenvalue weighted by molar-refractivity contribution is 7.12. The molecule has 19 heavy (non-hydrogen) atoms. The molecule has 0 saturated heterocycles. The Balaban J connectivity index is 2.29. The molecule has 0 aliphatic rings. The topological polar surface area (TPSA) is 17.1 Å². The monoisotopic (exact) mass is 272 g/mol. The van der Waals surface area contributed by atoms with Crippen molar-refractivity contribution in [2.24, 2.45) is 0 Å². The molecule has 0 fully saturated rings. The molecule has 2 aromatic rings. The zero-order chi connectivity index (χ0) is 14.0. The Morgan fingerprint density at radius 1 is 1.16 bits per heavy atom. The van der Waals surface area contributed by atoms with E-state index < -0.39 is 0 Å². The molecule has 1 aromatic heterocycles. The normalized spacial score (nSPS) is 10.7. The minimum absolute atomic E-state index is 0.252. The second-order valence-corrected chi connectivity index (χ2v) is 6.02. The van der Waals surface area contributed by atoms with Crippen molar-refractivity contribution in [3.8, 4) is 0 Å². The van der Waals surface area contributed by atoms with Crippen LogP contribution in [-0.4, -0.2) is 5.78 Å². The lowest BCUT2D eigenvalue weighted by atomic mass is 9.95. The maximum absolute atomic E-state index is 12.5. The van der Waals surface area contributed by atoms with Crippen LogP contribution in [0.1, 0.15) is 44.4 Å². The number of Topliss-reactive ketones (excluding diaryl/α,β-unsaturated/α-hetero) is 1. The molecule has 1 heterocycles. The predicted molar refractivity (Wildman–Crippen MR) is 82.4 cm³/mol. The Morgan fingerprint density at radius 2 is 1.79 bits per heavy atom. The van der Waals surface area contributed by atoms with E-state index in [-0.39, 0.29) is 5.78 Å². The van der Waals surface area contributed by atoms with Crippen molar-refractivity contribution in [3.05, 3.63) is 56.3 Å². The Morgan fingerprint density at radius 3 is 2.37 bits per heavy atom. The smallest absolute Gasteiger partial charge is 0.177 e. The minimum atomic E-state index is 0.252. The molecule has 2 rings (SSSR count). The van der Waals surface area contributed by atoms with Gasteiger partial charge in [-0.1, -0.05) is 24.6 Å². The quantitative estimate of drug-likeness (QED) is 0.740. The van der Waals surface area contributed by atoms with Gasteiger partial charge in [-0.25, -0.2) is 0 Å². The van der Waals surface area contributed by atoms with Gasteiger partial charge in [0.2, 0.25) is 0 Å². The number of benzene rings is 1. The summed E-state index contributed by atoms with van der Waals surface area (Å²) in [4.78, 5) is 13.4. The molecule has 0 atom stereocenters. The summed E-state index contributed by atoms with van der Waals surface area (Å²) in [5, 5.41) is 2.01. The Hall–Kier alpha value is -1.41. The van der Waals surface area contributed by atoms with Gasteiger partial charge in [0.15, 0.2) is 5.78 Å². The molecule has 0 saturated carbocycles. The molecule has 0 N–H and O–H groups in total. The number of carbonyl (C=O) groups is 1. The number of aryl methyl sites for hydroxylation is 4. The lowest BCUT2D eigenvalue weighted by Gasteiger charge is -2.10. The second kappa shape index (κ2) is 5.70. The molecule has 1 nitrogen and oxygen atoms in total. The Kier molecular flexibility index (Phi) is 4.20. The highest BCUT2D eigenvalue weighted by Gasteiger charge is 2.15. The number of hydrogen-bond donors (Lipinski definition) is 0. The SMILES string of the molecule is CCc1ccsc1C(=O)Cc1c(C)cc(C)cc1C. The van der Waals surface area contributed by atoms with Gasteiger partial charge in [0.25, 0.3) is 0 Å². The van der Waals surface area contributed by atoms with Crippen LogP contribution in [-0.2, 0) is 12.8 Å². The van der Waals surface area contributed by atoms with Gasteiger partial charge in [-0.2, -0.15) is 0 Å². The van der Waals surface area contributed by atoms with Crippen LogP contribution >= 0.6 is 11.3 Å². The third-order valence-corrected chi connectivity index (χ3v) is 4.56. The summed E-state index contributed by atoms with van der Waals surface area (Å²) in [6, 6.07) is 6.38. The van der Waals surface area contributed by atoms with Crippen molar-refractivity contribution >= 4 is 17.1 Å². The number of thiophene rings is 1. The molecule has 0 aliphatic carbocycles. The van der Waals surface area contributed by atoms with Crippen molar-refractivity contribution in [3.63, 3.8) is 0 Å². The van der Waals surface area contributed by atoms with Crippen LogP contribution < -0.4 is 0 Å². The van der Waals surface area contributed by atoms with E-state index in [0.29, 0.717) is 6.42 Å². The van der Waals surface area contributed by atoms with Gasteiger partial charge in [0.1, 0.15) is 0 Å². The summed E-state index contributed by atoms with van der Waals surface area (Å²) in [5.74, 6) is 0.252. The van der Waals surface area contributed by atoms with E-state index in [0.717, 1.165) is 11.3 Å². The van der Waals surface area contributed by atoms with Gasteiger partial charge >= 0.3 is 0 Å². The molecule has 2 heteroatoms. The van der Waals surface area contributed by atoms with Crippen molar-refractivity contribution in [1.82, 2.24) is 0 Å². The summed E-state index contributed by atoms with van der Waals surface area (Å²) >= 11 is 1.57. The molecule has 0 bridgehead atoms. The van der Waals surface area contributed by atoms with Crippen LogP contribution in [0.3, 0.4) is 0 Å². The van der Waals surface area contributed by atoms with E-state index >= 15 is 0 Å². The zero-order valence-electron chi connectivity index (χ0n) is 12.0. The fraction of sp³-hybridized carbons (Fsp3) is 0.353. The van der Waals surface area contributed by atoms with Crippen LogP contribution in [0.4, 0.5) is 0 Å². The van der Waals surface area contributed by atoms with Gasteiger partial charge in [-0.05, 0) is 60.9 Å². The van der Waals surface area contributed by atoms with Gasteiger partial charge < -0.3 is 0 Å². The third-order valence-electron chi connectivity index (χ3n) is 3.56. The second-order valence-electron chi connectivity index (χ2n) is 5.11. The largest absolute Gasteiger partial charge is 0.293 e. The lowest BCUT2D eigenvalue weighted by molar-refractivity contribution is 0.0995. The summed E-state index contributed by atoms with van der Waals surface area (Å²) in [7, 11) is 0. The number of carbonyl (C=O) groups excluding carboxylic acids is 1. The van der Waals surface area contributed by atoms with Crippen LogP contribution in [0.15, 0.2) is 23.6 Å². The van der Waals surface area contributed by atoms with Crippen LogP contribution in [0.25, 0.3) is 0 Å². The fourth-order valence-corrected chi connectivity index (χ4v) is 3.52. The Labute approximate surface area is 119 Å². The molecule has 0 radical (unpaired) electrons. The molecular weight excluding hydrogens is 252 g/mol. The average Bonchev–Trinajstić information content (AvgIpc) is 2.81. The maximum atomic E-state index is 12.5. The first-order valence-electron chi connectivity index (χ1n) is 6.69. The molecule has 0 spiro atoms. The molecule has 0 unspecified atom stereocenters. The van der Waals surface area contributed by atoms with Crippen molar-refractivity contribution in [2.45, 2.75) is 40.5 Å². The van der Waals surface area contributed by atoms with Gasteiger partial charge in [0, 0.05) is 6.42 Å². The summed E-state index contributed by atoms with van der Waals surface area (Å²) in [6.07, 6.45) is 1.45. The highest BCUT2D eigenvalue weighted by atomic mass is 32.1. The van der Waals surface area contributed by atoms with Crippen molar-refractivity contribution in [1.29, 1.82) is 0 Å². The van der Waals surface area contributed by atoms with Crippen LogP contribution in [0.2, 0.25) is 0 Å². The van der Waals surface area contributed by atoms with E-state index in [2.05, 4.69) is 45.9 Å². The van der Waals surface area contributed by atoms with E-state index in [1.54, 1.807) is 11.3 Å². The number of rotatable bonds is 4. The highest BCUT2D eigenvalue weighted by Crippen LogP contribution is 2.23. The third kappa shape index (κ3) is 2.95. The summed E-state index contributed by atoms with van der Waals surface area (Å²) in [5.41, 5.74) is 6.07. The van der Waals surface area contributed by atoms with Gasteiger partial charge in [-0.3, -0.25) is 4.79 Å². The van der Waals surface area contributed by atoms with Crippen LogP contribution in [0.5, 0.6) is 0 Å². The molecule has 1 aromatic carbocycles. The van der Waals surface area contributed by atoms with Crippen molar-refractivity contribution < 1.29 is 4.79 Å². The Bertz CT molecular complexity index is 584. The lowest BCUT2D eigenvalue weighted by Crippen LogP contribution is -2.07. The average molecular weight is 272 g/mol. The first-order valence-corrected chi connectivity index (χ1v) is 7.57. The molecule has 0 amide bonds. The fourth-order valence-electron chi connectivity index (χ4n) is 2.59. The van der Waals surface area contributed by atoms with E-state index in [4.69, 9.17) is 0 Å². The van der Waals surface area contributed by atoms with Gasteiger partial charge in [-0.15, -0.1) is 11.3 Å². The van der Waals surface area contributed by atoms with E-state index in [1.165, 1.54) is 27.8 Å². The summed E-state index contributed by atoms with van der Waals surface area (Å²) in [6.45, 7) is 8.39. The summed E-state index contributed by atoms with van der Waals surface area (Å²) < 4.78 is 0. The molecule has 0 aliphatic heterocycles. The number of hydrogen-bond acceptors (Lipinski definition) is 2. The predicted octanol–water partition coefficient (Wildman–Crippen LogP) is 4.66. The van der Waals surface area contributed by atoms with Crippen LogP contribution in [0, 0.1) is 20.8 Å². The standard InChI is InChI=1S/C17H20OS/c1-5-14-6-7-19-17(14)16(18)10-15-12(3)8-11(2)9-13(15)4/h6-9H,5,10H2,1-4H3. The first kappa shape index (κ1) is 14.0. The maximum Gasteiger partial charge on any atom is 0.177 e. The first-order chi connectivity index (χ1) is 9.02. The minimum Gasteiger partial charge on any atom is -0.293 e. The van der Waals surface area contributed by atoms with E-state index in [1.807, 2.05) is 5.38 Å². The number of ketones is 1. The van der Waals surface area contributed by atoms with Crippen molar-refractivity contribution in [2.75, 3.05) is 0 Å². The van der Waals surface area contributed by atoms with Gasteiger partial charge in [0.05, 0.1) is 4.88 Å². The zero-order valence-corrected chi connectivity index (χ0v) is 12.9. The molecular formula is C17H20OS. The van der Waals surface area contributed by atoms with E-state index in [9.17, 15) is 4.79 Å². The molecule has 100 valence electrons.